The normalized spacial score (nSPS) is 19.2. The van der Waals surface area contributed by atoms with Crippen molar-refractivity contribution >= 4 is 11.6 Å². The number of hydrogen-bond acceptors (Lipinski definition) is 3. The molecule has 0 amide bonds. The van der Waals surface area contributed by atoms with E-state index in [1.807, 2.05) is 24.3 Å². The van der Waals surface area contributed by atoms with Crippen molar-refractivity contribution in [2.24, 2.45) is 0 Å². The molecule has 1 N–H and O–H groups in total. The Morgan fingerprint density at radius 2 is 2.20 bits per heavy atom. The van der Waals surface area contributed by atoms with E-state index in [0.29, 0.717) is 17.7 Å². The van der Waals surface area contributed by atoms with Crippen LogP contribution in [0.15, 0.2) is 24.3 Å². The number of para-hydroxylation sites is 1. The van der Waals surface area contributed by atoms with E-state index in [1.54, 1.807) is 0 Å². The molecule has 112 valence electrons. The van der Waals surface area contributed by atoms with Crippen LogP contribution in [0.25, 0.3) is 0 Å². The van der Waals surface area contributed by atoms with Crippen molar-refractivity contribution in [1.82, 2.24) is 10.2 Å². The first-order valence-corrected chi connectivity index (χ1v) is 8.01. The van der Waals surface area contributed by atoms with Crippen LogP contribution in [0, 0.1) is 0 Å². The molecule has 2 rings (SSSR count). The molecular formula is C16H25ClN2O. The van der Waals surface area contributed by atoms with E-state index in [2.05, 4.69) is 17.1 Å². The molecule has 0 saturated carbocycles. The predicted octanol–water partition coefficient (Wildman–Crippen LogP) is 3.18. The fraction of sp³-hybridized carbons (Fsp3) is 0.625. The smallest absolute Gasteiger partial charge is 0.137 e. The second-order valence-electron chi connectivity index (χ2n) is 5.32. The molecule has 1 heterocycles. The van der Waals surface area contributed by atoms with Crippen LogP contribution in [0.2, 0.25) is 5.02 Å². The van der Waals surface area contributed by atoms with E-state index in [1.165, 1.54) is 19.3 Å². The zero-order chi connectivity index (χ0) is 14.2. The van der Waals surface area contributed by atoms with Gasteiger partial charge in [0.25, 0.3) is 0 Å². The van der Waals surface area contributed by atoms with Gasteiger partial charge in [0.15, 0.2) is 0 Å². The highest BCUT2D eigenvalue weighted by Gasteiger charge is 2.19. The summed E-state index contributed by atoms with van der Waals surface area (Å²) in [7, 11) is 0. The van der Waals surface area contributed by atoms with Crippen molar-refractivity contribution in [3.8, 4) is 5.75 Å². The Balaban J connectivity index is 1.81. The molecule has 4 heteroatoms. The number of halogens is 1. The van der Waals surface area contributed by atoms with Crippen molar-refractivity contribution in [2.75, 3.05) is 32.8 Å². The molecule has 1 saturated heterocycles. The Labute approximate surface area is 127 Å². The van der Waals surface area contributed by atoms with Crippen LogP contribution in [0.3, 0.4) is 0 Å². The molecule has 1 unspecified atom stereocenters. The van der Waals surface area contributed by atoms with Crippen LogP contribution >= 0.6 is 11.6 Å². The fourth-order valence-electron chi connectivity index (χ4n) is 2.74. The Morgan fingerprint density at radius 3 is 2.90 bits per heavy atom. The van der Waals surface area contributed by atoms with Crippen molar-refractivity contribution in [1.29, 1.82) is 0 Å². The number of rotatable bonds is 7. The van der Waals surface area contributed by atoms with Gasteiger partial charge < -0.3 is 10.1 Å². The summed E-state index contributed by atoms with van der Waals surface area (Å²) in [5.41, 5.74) is 0. The molecule has 1 aliphatic rings. The van der Waals surface area contributed by atoms with E-state index in [0.717, 1.165) is 31.9 Å². The monoisotopic (exact) mass is 296 g/mol. The molecule has 1 atom stereocenters. The minimum Gasteiger partial charge on any atom is -0.491 e. The van der Waals surface area contributed by atoms with Crippen LogP contribution in [-0.4, -0.2) is 43.7 Å². The van der Waals surface area contributed by atoms with Crippen LogP contribution in [-0.2, 0) is 0 Å². The van der Waals surface area contributed by atoms with E-state index in [9.17, 15) is 0 Å². The molecule has 1 aromatic rings. The minimum absolute atomic E-state index is 0.651. The summed E-state index contributed by atoms with van der Waals surface area (Å²) in [6, 6.07) is 8.32. The number of nitrogens with zero attached hydrogens (tertiary/aromatic N) is 1. The second-order valence-corrected chi connectivity index (χ2v) is 5.72. The summed E-state index contributed by atoms with van der Waals surface area (Å²) < 4.78 is 5.81. The number of nitrogens with one attached hydrogen (secondary N) is 1. The van der Waals surface area contributed by atoms with Gasteiger partial charge in [-0.15, -0.1) is 0 Å². The number of piperidine rings is 1. The average Bonchev–Trinajstić information content (AvgIpc) is 2.49. The molecule has 3 nitrogen and oxygen atoms in total. The topological polar surface area (TPSA) is 24.5 Å². The summed E-state index contributed by atoms with van der Waals surface area (Å²) in [6.07, 6.45) is 3.75. The van der Waals surface area contributed by atoms with Gasteiger partial charge in [0.1, 0.15) is 12.4 Å². The zero-order valence-electron chi connectivity index (χ0n) is 12.3. The van der Waals surface area contributed by atoms with Gasteiger partial charge in [-0.05, 0) is 44.5 Å². The average molecular weight is 297 g/mol. The van der Waals surface area contributed by atoms with Crippen LogP contribution in [0.5, 0.6) is 5.75 Å². The Morgan fingerprint density at radius 1 is 1.35 bits per heavy atom. The summed E-state index contributed by atoms with van der Waals surface area (Å²) in [4.78, 5) is 2.54. The first-order chi connectivity index (χ1) is 9.81. The van der Waals surface area contributed by atoms with Gasteiger partial charge in [-0.1, -0.05) is 30.7 Å². The predicted molar refractivity (Wildman–Crippen MR) is 84.7 cm³/mol. The fourth-order valence-corrected chi connectivity index (χ4v) is 2.93. The van der Waals surface area contributed by atoms with Crippen molar-refractivity contribution in [2.45, 2.75) is 32.2 Å². The summed E-state index contributed by atoms with van der Waals surface area (Å²) in [6.45, 7) is 7.29. The molecule has 1 aliphatic heterocycles. The lowest BCUT2D eigenvalue weighted by molar-refractivity contribution is 0.138. The standard InChI is InChI=1S/C16H25ClN2O/c1-2-10-19(14-6-5-9-18-13-14)11-12-20-16-8-4-3-7-15(16)17/h3-4,7-8,14,18H,2,5-6,9-13H2,1H3. The van der Waals surface area contributed by atoms with Gasteiger partial charge in [-0.2, -0.15) is 0 Å². The molecular weight excluding hydrogens is 272 g/mol. The summed E-state index contributed by atoms with van der Waals surface area (Å²) in [5.74, 6) is 0.785. The number of ether oxygens (including phenoxy) is 1. The molecule has 1 aromatic carbocycles. The highest BCUT2D eigenvalue weighted by Crippen LogP contribution is 2.23. The summed E-state index contributed by atoms with van der Waals surface area (Å²) in [5, 5.41) is 4.18. The molecule has 0 radical (unpaired) electrons. The van der Waals surface area contributed by atoms with Gasteiger partial charge in [-0.25, -0.2) is 0 Å². The third-order valence-electron chi connectivity index (χ3n) is 3.77. The second kappa shape index (κ2) is 8.50. The highest BCUT2D eigenvalue weighted by atomic mass is 35.5. The van der Waals surface area contributed by atoms with Crippen molar-refractivity contribution in [3.63, 3.8) is 0 Å². The number of benzene rings is 1. The minimum atomic E-state index is 0.651. The third-order valence-corrected chi connectivity index (χ3v) is 4.08. The number of hydrogen-bond donors (Lipinski definition) is 1. The zero-order valence-corrected chi connectivity index (χ0v) is 13.0. The molecule has 20 heavy (non-hydrogen) atoms. The van der Waals surface area contributed by atoms with Crippen LogP contribution in [0.1, 0.15) is 26.2 Å². The molecule has 0 aliphatic carbocycles. The quantitative estimate of drug-likeness (QED) is 0.836. The van der Waals surface area contributed by atoms with Gasteiger partial charge in [0.05, 0.1) is 5.02 Å². The lowest BCUT2D eigenvalue weighted by Gasteiger charge is -2.34. The first-order valence-electron chi connectivity index (χ1n) is 7.63. The lowest BCUT2D eigenvalue weighted by Crippen LogP contribution is -2.47. The SMILES string of the molecule is CCCN(CCOc1ccccc1Cl)C1CCCNC1. The van der Waals surface area contributed by atoms with Crippen LogP contribution in [0.4, 0.5) is 0 Å². The van der Waals surface area contributed by atoms with Crippen molar-refractivity contribution in [3.05, 3.63) is 29.3 Å². The maximum absolute atomic E-state index is 6.10. The van der Waals surface area contributed by atoms with Crippen LogP contribution < -0.4 is 10.1 Å². The van der Waals surface area contributed by atoms with Crippen molar-refractivity contribution < 1.29 is 4.74 Å². The molecule has 0 spiro atoms. The maximum atomic E-state index is 6.10. The molecule has 0 aromatic heterocycles. The van der Waals surface area contributed by atoms with Gasteiger partial charge >= 0.3 is 0 Å². The first kappa shape index (κ1) is 15.6. The Kier molecular flexibility index (Phi) is 6.64. The van der Waals surface area contributed by atoms with E-state index < -0.39 is 0 Å². The van der Waals surface area contributed by atoms with Gasteiger partial charge in [0.2, 0.25) is 0 Å². The van der Waals surface area contributed by atoms with E-state index >= 15 is 0 Å². The largest absolute Gasteiger partial charge is 0.491 e. The third kappa shape index (κ3) is 4.65. The molecule has 0 bridgehead atoms. The van der Waals surface area contributed by atoms with E-state index in [-0.39, 0.29) is 0 Å². The highest BCUT2D eigenvalue weighted by molar-refractivity contribution is 6.32. The Hall–Kier alpha value is -0.770. The summed E-state index contributed by atoms with van der Waals surface area (Å²) >= 11 is 6.10. The molecule has 1 fully saturated rings. The maximum Gasteiger partial charge on any atom is 0.137 e. The Bertz CT molecular complexity index is 394. The van der Waals surface area contributed by atoms with Gasteiger partial charge in [0, 0.05) is 19.1 Å². The van der Waals surface area contributed by atoms with E-state index in [4.69, 9.17) is 16.3 Å². The van der Waals surface area contributed by atoms with Gasteiger partial charge in [-0.3, -0.25) is 4.90 Å². The lowest BCUT2D eigenvalue weighted by atomic mass is 10.1.